The number of ether oxygens (including phenoxy) is 1. The SMILES string of the molecule is COc1ccc(-n2c(CNc3ccccc3Cl)nnc2S[C@@H](C)C(=O)Nc2ccc(C)cc2)cc1. The number of anilines is 2. The summed E-state index contributed by atoms with van der Waals surface area (Å²) >= 11 is 7.64. The Balaban J connectivity index is 1.57. The van der Waals surface area contributed by atoms with Gasteiger partial charge in [-0.05, 0) is 62.4 Å². The summed E-state index contributed by atoms with van der Waals surface area (Å²) < 4.78 is 7.23. The van der Waals surface area contributed by atoms with Crippen LogP contribution in [0.25, 0.3) is 5.69 Å². The van der Waals surface area contributed by atoms with Gasteiger partial charge >= 0.3 is 0 Å². The van der Waals surface area contributed by atoms with Crippen molar-refractivity contribution in [2.24, 2.45) is 0 Å². The molecule has 7 nitrogen and oxygen atoms in total. The smallest absolute Gasteiger partial charge is 0.237 e. The number of aryl methyl sites for hydroxylation is 1. The van der Waals surface area contributed by atoms with Gasteiger partial charge in [0.25, 0.3) is 0 Å². The zero-order chi connectivity index (χ0) is 24.8. The molecule has 9 heteroatoms. The van der Waals surface area contributed by atoms with Crippen LogP contribution in [-0.2, 0) is 11.3 Å². The van der Waals surface area contributed by atoms with Gasteiger partial charge in [0.15, 0.2) is 11.0 Å². The van der Waals surface area contributed by atoms with E-state index in [2.05, 4.69) is 20.8 Å². The molecule has 0 fully saturated rings. The standard InChI is InChI=1S/C26H26ClN5O2S/c1-17-8-10-19(11-9-17)29-25(33)18(2)35-26-31-30-24(16-28-23-7-5-4-6-22(23)27)32(26)20-12-14-21(34-3)15-13-20/h4-15,18,28H,16H2,1-3H3,(H,29,33)/t18-/m0/s1. The van der Waals surface area contributed by atoms with Crippen molar-refractivity contribution in [1.29, 1.82) is 0 Å². The van der Waals surface area contributed by atoms with Crippen LogP contribution in [-0.4, -0.2) is 33.0 Å². The van der Waals surface area contributed by atoms with E-state index in [1.807, 2.05) is 91.2 Å². The van der Waals surface area contributed by atoms with E-state index in [4.69, 9.17) is 16.3 Å². The van der Waals surface area contributed by atoms with Crippen LogP contribution >= 0.6 is 23.4 Å². The Kier molecular flexibility index (Phi) is 7.94. The second-order valence-corrected chi connectivity index (χ2v) is 9.60. The predicted molar refractivity (Wildman–Crippen MR) is 142 cm³/mol. The molecule has 0 aliphatic carbocycles. The summed E-state index contributed by atoms with van der Waals surface area (Å²) in [6.07, 6.45) is 0. The van der Waals surface area contributed by atoms with Crippen molar-refractivity contribution in [3.63, 3.8) is 0 Å². The molecular weight excluding hydrogens is 482 g/mol. The summed E-state index contributed by atoms with van der Waals surface area (Å²) in [5, 5.41) is 15.9. The van der Waals surface area contributed by atoms with Crippen molar-refractivity contribution in [2.45, 2.75) is 30.8 Å². The van der Waals surface area contributed by atoms with Crippen molar-refractivity contribution in [3.05, 3.63) is 89.2 Å². The van der Waals surface area contributed by atoms with Crippen LogP contribution in [0.1, 0.15) is 18.3 Å². The average Bonchev–Trinajstić information content (AvgIpc) is 3.27. The van der Waals surface area contributed by atoms with Crippen molar-refractivity contribution < 1.29 is 9.53 Å². The second-order valence-electron chi connectivity index (χ2n) is 7.88. The first-order valence-electron chi connectivity index (χ1n) is 11.1. The van der Waals surface area contributed by atoms with Crippen molar-refractivity contribution in [3.8, 4) is 11.4 Å². The van der Waals surface area contributed by atoms with Crippen molar-refractivity contribution in [2.75, 3.05) is 17.7 Å². The number of para-hydroxylation sites is 1. The summed E-state index contributed by atoms with van der Waals surface area (Å²) in [5.41, 5.74) is 3.56. The van der Waals surface area contributed by atoms with Crippen LogP contribution in [0.15, 0.2) is 78.0 Å². The number of thioether (sulfide) groups is 1. The summed E-state index contributed by atoms with van der Waals surface area (Å²) in [6, 6.07) is 22.9. The fourth-order valence-electron chi connectivity index (χ4n) is 3.35. The highest BCUT2D eigenvalue weighted by Gasteiger charge is 2.21. The van der Waals surface area contributed by atoms with Gasteiger partial charge in [-0.15, -0.1) is 10.2 Å². The Morgan fingerprint density at radius 3 is 2.46 bits per heavy atom. The molecule has 0 bridgehead atoms. The number of nitrogens with zero attached hydrogens (tertiary/aromatic N) is 3. The second kappa shape index (κ2) is 11.3. The molecule has 0 aliphatic rings. The first kappa shape index (κ1) is 24.6. The number of hydrogen-bond donors (Lipinski definition) is 2. The Morgan fingerprint density at radius 2 is 1.77 bits per heavy atom. The van der Waals surface area contributed by atoms with Gasteiger partial charge in [-0.3, -0.25) is 9.36 Å². The van der Waals surface area contributed by atoms with E-state index >= 15 is 0 Å². The predicted octanol–water partition coefficient (Wildman–Crippen LogP) is 5.97. The molecule has 1 amide bonds. The lowest BCUT2D eigenvalue weighted by Gasteiger charge is -2.15. The molecule has 1 atom stereocenters. The number of hydrogen-bond acceptors (Lipinski definition) is 6. The van der Waals surface area contributed by atoms with Gasteiger partial charge in [0.1, 0.15) is 5.75 Å². The Labute approximate surface area is 213 Å². The van der Waals surface area contributed by atoms with Crippen LogP contribution in [0.4, 0.5) is 11.4 Å². The number of methoxy groups -OCH3 is 1. The zero-order valence-corrected chi connectivity index (χ0v) is 21.2. The summed E-state index contributed by atoms with van der Waals surface area (Å²) in [4.78, 5) is 12.9. The summed E-state index contributed by atoms with van der Waals surface area (Å²) in [5.74, 6) is 1.32. The van der Waals surface area contributed by atoms with E-state index in [1.54, 1.807) is 7.11 Å². The number of carbonyl (C=O) groups excluding carboxylic acids is 1. The molecular formula is C26H26ClN5O2S. The normalized spacial score (nSPS) is 11.7. The lowest BCUT2D eigenvalue weighted by molar-refractivity contribution is -0.115. The Morgan fingerprint density at radius 1 is 1.06 bits per heavy atom. The molecule has 4 aromatic rings. The monoisotopic (exact) mass is 507 g/mol. The van der Waals surface area contributed by atoms with Gasteiger partial charge in [-0.2, -0.15) is 0 Å². The zero-order valence-electron chi connectivity index (χ0n) is 19.7. The minimum absolute atomic E-state index is 0.112. The lowest BCUT2D eigenvalue weighted by Crippen LogP contribution is -2.23. The highest BCUT2D eigenvalue weighted by molar-refractivity contribution is 8.00. The summed E-state index contributed by atoms with van der Waals surface area (Å²) in [7, 11) is 1.63. The molecule has 3 aromatic carbocycles. The van der Waals surface area contributed by atoms with Gasteiger partial charge < -0.3 is 15.4 Å². The topological polar surface area (TPSA) is 81.1 Å². The first-order valence-corrected chi connectivity index (χ1v) is 12.3. The molecule has 0 saturated carbocycles. The number of aromatic nitrogens is 3. The maximum atomic E-state index is 12.9. The number of benzene rings is 3. The van der Waals surface area contributed by atoms with Gasteiger partial charge in [0, 0.05) is 11.4 Å². The van der Waals surface area contributed by atoms with E-state index in [-0.39, 0.29) is 5.91 Å². The Bertz CT molecular complexity index is 1290. The number of halogens is 1. The molecule has 4 rings (SSSR count). The van der Waals surface area contributed by atoms with Crippen LogP contribution in [0, 0.1) is 6.92 Å². The van der Waals surface area contributed by atoms with Crippen LogP contribution in [0.3, 0.4) is 0 Å². The van der Waals surface area contributed by atoms with E-state index in [1.165, 1.54) is 11.8 Å². The maximum Gasteiger partial charge on any atom is 0.237 e. The summed E-state index contributed by atoms with van der Waals surface area (Å²) in [6.45, 7) is 4.25. The first-order chi connectivity index (χ1) is 16.9. The fraction of sp³-hybridized carbons (Fsp3) is 0.192. The molecule has 1 heterocycles. The third kappa shape index (κ3) is 6.15. The molecule has 180 valence electrons. The largest absolute Gasteiger partial charge is 0.497 e. The minimum Gasteiger partial charge on any atom is -0.497 e. The van der Waals surface area contributed by atoms with Crippen LogP contribution in [0.5, 0.6) is 5.75 Å². The van der Waals surface area contributed by atoms with E-state index in [0.29, 0.717) is 22.5 Å². The van der Waals surface area contributed by atoms with Crippen LogP contribution in [0.2, 0.25) is 5.02 Å². The number of rotatable bonds is 9. The number of carbonyl (C=O) groups is 1. The highest BCUT2D eigenvalue weighted by Crippen LogP contribution is 2.28. The molecule has 2 N–H and O–H groups in total. The number of nitrogens with one attached hydrogen (secondary N) is 2. The van der Waals surface area contributed by atoms with E-state index in [9.17, 15) is 4.79 Å². The average molecular weight is 508 g/mol. The van der Waals surface area contributed by atoms with Crippen molar-refractivity contribution in [1.82, 2.24) is 14.8 Å². The van der Waals surface area contributed by atoms with Crippen LogP contribution < -0.4 is 15.4 Å². The third-order valence-electron chi connectivity index (χ3n) is 5.31. The highest BCUT2D eigenvalue weighted by atomic mass is 35.5. The van der Waals surface area contributed by atoms with Gasteiger partial charge in [0.2, 0.25) is 5.91 Å². The number of amides is 1. The quantitative estimate of drug-likeness (QED) is 0.272. The van der Waals surface area contributed by atoms with Gasteiger partial charge in [-0.1, -0.05) is 53.2 Å². The van der Waals surface area contributed by atoms with Gasteiger partial charge in [-0.25, -0.2) is 0 Å². The molecule has 1 aromatic heterocycles. The molecule has 0 unspecified atom stereocenters. The molecule has 35 heavy (non-hydrogen) atoms. The molecule has 0 saturated heterocycles. The lowest BCUT2D eigenvalue weighted by atomic mass is 10.2. The Hall–Kier alpha value is -3.49. The molecule has 0 radical (unpaired) electrons. The molecule has 0 aliphatic heterocycles. The fourth-order valence-corrected chi connectivity index (χ4v) is 4.44. The maximum absolute atomic E-state index is 12.9. The van der Waals surface area contributed by atoms with Crippen molar-refractivity contribution >= 4 is 40.6 Å². The minimum atomic E-state index is -0.401. The molecule has 0 spiro atoms. The van der Waals surface area contributed by atoms with Gasteiger partial charge in [0.05, 0.1) is 29.6 Å². The third-order valence-corrected chi connectivity index (χ3v) is 6.68. The van der Waals surface area contributed by atoms with E-state index < -0.39 is 5.25 Å². The van der Waals surface area contributed by atoms with E-state index in [0.717, 1.165) is 28.4 Å².